The molecule has 0 aliphatic carbocycles. The molecule has 3 nitrogen and oxygen atoms in total. The lowest BCUT2D eigenvalue weighted by Crippen LogP contribution is -2.47. The molecule has 0 radical (unpaired) electrons. The lowest BCUT2D eigenvalue weighted by molar-refractivity contribution is 0.137. The fraction of sp³-hybridized carbons (Fsp3) is 0.471. The van der Waals surface area contributed by atoms with Crippen LogP contribution in [-0.2, 0) is 6.42 Å². The van der Waals surface area contributed by atoms with E-state index in [1.807, 2.05) is 0 Å². The van der Waals surface area contributed by atoms with Crippen molar-refractivity contribution in [2.45, 2.75) is 38.8 Å². The summed E-state index contributed by atoms with van der Waals surface area (Å²) < 4.78 is 0.901. The summed E-state index contributed by atoms with van der Waals surface area (Å²) in [6.07, 6.45) is 1.82. The smallest absolute Gasteiger partial charge is 0.137 e. The first-order valence-electron chi connectivity index (χ1n) is 7.86. The molecule has 2 atom stereocenters. The van der Waals surface area contributed by atoms with Gasteiger partial charge in [-0.3, -0.25) is 0 Å². The van der Waals surface area contributed by atoms with Crippen LogP contribution in [0.4, 0.5) is 0 Å². The molecular formula is C17H22N2OS2. The fourth-order valence-electron chi connectivity index (χ4n) is 3.48. The number of nitrogens with zero attached hydrogens (tertiary/aromatic N) is 1. The number of rotatable bonds is 3. The number of thioether (sulfide) groups is 1. The second-order valence-corrected chi connectivity index (χ2v) is 7.53. The highest BCUT2D eigenvalue weighted by Crippen LogP contribution is 2.40. The SMILES string of the molecule is CCSC(=S)N1[C@@H](CO)Cc2c([nH]c3ccccc23)[C@@H]1CC. The largest absolute Gasteiger partial charge is 0.394 e. The van der Waals surface area contributed by atoms with Crippen molar-refractivity contribution >= 4 is 39.2 Å². The van der Waals surface area contributed by atoms with Gasteiger partial charge >= 0.3 is 0 Å². The lowest BCUT2D eigenvalue weighted by Gasteiger charge is -2.42. The predicted molar refractivity (Wildman–Crippen MR) is 98.5 cm³/mol. The van der Waals surface area contributed by atoms with Gasteiger partial charge in [0.05, 0.1) is 18.7 Å². The van der Waals surface area contributed by atoms with E-state index in [1.165, 1.54) is 22.2 Å². The third kappa shape index (κ3) is 2.55. The van der Waals surface area contributed by atoms with E-state index in [2.05, 4.69) is 48.0 Å². The van der Waals surface area contributed by atoms with Crippen LogP contribution in [0.15, 0.2) is 24.3 Å². The minimum absolute atomic E-state index is 0.0724. The third-order valence-corrected chi connectivity index (χ3v) is 5.74. The van der Waals surface area contributed by atoms with Gasteiger partial charge in [0.1, 0.15) is 4.32 Å². The van der Waals surface area contributed by atoms with Crippen LogP contribution in [0.2, 0.25) is 0 Å². The van der Waals surface area contributed by atoms with Crippen molar-refractivity contribution in [1.29, 1.82) is 0 Å². The molecule has 2 aromatic rings. The maximum atomic E-state index is 9.91. The third-order valence-electron chi connectivity index (χ3n) is 4.42. The van der Waals surface area contributed by atoms with Crippen LogP contribution in [0.3, 0.4) is 0 Å². The molecule has 1 aromatic carbocycles. The van der Waals surface area contributed by atoms with Crippen LogP contribution in [0, 0.1) is 0 Å². The Morgan fingerprint density at radius 2 is 2.18 bits per heavy atom. The summed E-state index contributed by atoms with van der Waals surface area (Å²) in [6.45, 7) is 4.44. The number of para-hydroxylation sites is 1. The molecule has 22 heavy (non-hydrogen) atoms. The Labute approximate surface area is 141 Å². The Balaban J connectivity index is 2.10. The lowest BCUT2D eigenvalue weighted by atomic mass is 9.91. The van der Waals surface area contributed by atoms with Crippen LogP contribution in [0.5, 0.6) is 0 Å². The number of aromatic nitrogens is 1. The predicted octanol–water partition coefficient (Wildman–Crippen LogP) is 3.88. The highest BCUT2D eigenvalue weighted by Gasteiger charge is 2.36. The Bertz CT molecular complexity index is 682. The Morgan fingerprint density at radius 1 is 1.41 bits per heavy atom. The minimum atomic E-state index is 0.0724. The first-order valence-corrected chi connectivity index (χ1v) is 9.26. The molecule has 1 aliphatic rings. The van der Waals surface area contributed by atoms with E-state index in [1.54, 1.807) is 11.8 Å². The summed E-state index contributed by atoms with van der Waals surface area (Å²) in [5.74, 6) is 0.962. The van der Waals surface area contributed by atoms with E-state index >= 15 is 0 Å². The van der Waals surface area contributed by atoms with Gasteiger partial charge in [-0.15, -0.1) is 0 Å². The van der Waals surface area contributed by atoms with Crippen molar-refractivity contribution in [3.8, 4) is 0 Å². The van der Waals surface area contributed by atoms with Gasteiger partial charge in [-0.25, -0.2) is 0 Å². The fourth-order valence-corrected chi connectivity index (χ4v) is 4.78. The summed E-state index contributed by atoms with van der Waals surface area (Å²) >= 11 is 7.32. The van der Waals surface area contributed by atoms with Gasteiger partial charge in [-0.1, -0.05) is 56.0 Å². The average molecular weight is 335 g/mol. The average Bonchev–Trinajstić information content (AvgIpc) is 2.91. The number of aliphatic hydroxyl groups excluding tert-OH is 1. The molecule has 0 unspecified atom stereocenters. The number of aromatic amines is 1. The van der Waals surface area contributed by atoms with Gasteiger partial charge in [0.25, 0.3) is 0 Å². The molecule has 3 rings (SSSR count). The van der Waals surface area contributed by atoms with E-state index in [0.29, 0.717) is 0 Å². The van der Waals surface area contributed by atoms with Crippen LogP contribution in [0.25, 0.3) is 10.9 Å². The van der Waals surface area contributed by atoms with Crippen molar-refractivity contribution in [1.82, 2.24) is 9.88 Å². The molecule has 0 bridgehead atoms. The normalized spacial score (nSPS) is 21.1. The summed E-state index contributed by atoms with van der Waals surface area (Å²) in [5, 5.41) is 11.2. The van der Waals surface area contributed by atoms with Crippen molar-refractivity contribution in [3.63, 3.8) is 0 Å². The van der Waals surface area contributed by atoms with Gasteiger partial charge in [-0.2, -0.15) is 0 Å². The number of nitrogens with one attached hydrogen (secondary N) is 1. The molecule has 5 heteroatoms. The van der Waals surface area contributed by atoms with Gasteiger partial charge in [0.2, 0.25) is 0 Å². The molecule has 2 heterocycles. The number of fused-ring (bicyclic) bond motifs is 3. The van der Waals surface area contributed by atoms with Gasteiger partial charge in [0, 0.05) is 16.6 Å². The van der Waals surface area contributed by atoms with E-state index in [-0.39, 0.29) is 18.7 Å². The number of hydrogen-bond donors (Lipinski definition) is 2. The number of benzene rings is 1. The monoisotopic (exact) mass is 334 g/mol. The van der Waals surface area contributed by atoms with Crippen LogP contribution < -0.4 is 0 Å². The van der Waals surface area contributed by atoms with E-state index in [9.17, 15) is 5.11 Å². The number of thiocarbonyl (C=S) groups is 1. The molecule has 0 saturated heterocycles. The zero-order chi connectivity index (χ0) is 15.7. The minimum Gasteiger partial charge on any atom is -0.394 e. The molecular weight excluding hydrogens is 312 g/mol. The summed E-state index contributed by atoms with van der Waals surface area (Å²) in [5.41, 5.74) is 3.80. The number of hydrogen-bond acceptors (Lipinski definition) is 3. The molecule has 1 aliphatic heterocycles. The van der Waals surface area contributed by atoms with Crippen molar-refractivity contribution < 1.29 is 5.11 Å². The molecule has 0 amide bonds. The van der Waals surface area contributed by atoms with Crippen LogP contribution >= 0.6 is 24.0 Å². The van der Waals surface area contributed by atoms with Crippen molar-refractivity contribution in [2.75, 3.05) is 12.4 Å². The first kappa shape index (κ1) is 15.8. The molecule has 0 spiro atoms. The Morgan fingerprint density at radius 3 is 2.86 bits per heavy atom. The summed E-state index contributed by atoms with van der Waals surface area (Å²) in [4.78, 5) is 5.85. The number of aliphatic hydroxyl groups is 1. The molecule has 118 valence electrons. The second kappa shape index (κ2) is 6.60. The second-order valence-electron chi connectivity index (χ2n) is 5.63. The van der Waals surface area contributed by atoms with Gasteiger partial charge in [-0.05, 0) is 30.2 Å². The molecule has 0 fully saturated rings. The summed E-state index contributed by atoms with van der Waals surface area (Å²) in [7, 11) is 0. The Hall–Kier alpha value is -1.04. The van der Waals surface area contributed by atoms with E-state index in [4.69, 9.17) is 12.2 Å². The molecule has 1 aromatic heterocycles. The maximum absolute atomic E-state index is 9.91. The highest BCUT2D eigenvalue weighted by molar-refractivity contribution is 8.22. The zero-order valence-corrected chi connectivity index (χ0v) is 14.6. The van der Waals surface area contributed by atoms with E-state index < -0.39 is 0 Å². The van der Waals surface area contributed by atoms with Crippen molar-refractivity contribution in [2.24, 2.45) is 0 Å². The van der Waals surface area contributed by atoms with Gasteiger partial charge < -0.3 is 15.0 Å². The van der Waals surface area contributed by atoms with Gasteiger partial charge in [0.15, 0.2) is 0 Å². The number of H-pyrrole nitrogens is 1. The van der Waals surface area contributed by atoms with E-state index in [0.717, 1.165) is 22.9 Å². The molecule has 0 saturated carbocycles. The van der Waals surface area contributed by atoms with Crippen molar-refractivity contribution in [3.05, 3.63) is 35.5 Å². The maximum Gasteiger partial charge on any atom is 0.137 e. The van der Waals surface area contributed by atoms with Crippen LogP contribution in [-0.4, -0.2) is 37.7 Å². The Kier molecular flexibility index (Phi) is 4.76. The topological polar surface area (TPSA) is 39.3 Å². The molecule has 2 N–H and O–H groups in total. The quantitative estimate of drug-likeness (QED) is 0.836. The van der Waals surface area contributed by atoms with Crippen LogP contribution in [0.1, 0.15) is 37.6 Å². The summed E-state index contributed by atoms with van der Waals surface area (Å²) in [6, 6.07) is 8.72. The standard InChI is InChI=1S/C17H22N2OS2/c1-3-15-16-13(12-7-5-6-8-14(12)18-16)9-11(10-20)19(15)17(21)22-4-2/h5-8,11,15,18,20H,3-4,9-10H2,1-2H3/t11-,15+/m1/s1. The first-order chi connectivity index (χ1) is 10.7. The zero-order valence-electron chi connectivity index (χ0n) is 13.0. The highest BCUT2D eigenvalue weighted by atomic mass is 32.2.